The van der Waals surface area contributed by atoms with Crippen molar-refractivity contribution in [2.45, 2.75) is 6.42 Å². The Bertz CT molecular complexity index is 1180. The topological polar surface area (TPSA) is 34.1 Å². The van der Waals surface area contributed by atoms with E-state index < -0.39 is 14.3 Å². The first-order valence-electron chi connectivity index (χ1n) is 11.2. The second kappa shape index (κ2) is 10.8. The van der Waals surface area contributed by atoms with Gasteiger partial charge in [-0.15, -0.1) is 0 Å². The Balaban J connectivity index is 1.54. The van der Waals surface area contributed by atoms with E-state index in [1.165, 1.54) is 0 Å². The fourth-order valence-corrected chi connectivity index (χ4v) is 9.15. The van der Waals surface area contributed by atoms with Gasteiger partial charge < -0.3 is 9.13 Å². The first-order valence-corrected chi connectivity index (χ1v) is 15.0. The van der Waals surface area contributed by atoms with Crippen molar-refractivity contribution in [2.75, 3.05) is 12.3 Å². The van der Waals surface area contributed by atoms with Crippen molar-refractivity contribution < 1.29 is 9.13 Å². The normalized spacial score (nSPS) is 12.1. The minimum absolute atomic E-state index is 0.446. The monoisotopic (exact) mass is 470 g/mol. The molecule has 33 heavy (non-hydrogen) atoms. The Morgan fingerprint density at radius 1 is 0.455 bits per heavy atom. The largest absolute Gasteiger partial charge is 0.314 e. The van der Waals surface area contributed by atoms with E-state index in [-0.39, 0.29) is 0 Å². The summed E-state index contributed by atoms with van der Waals surface area (Å²) < 4.78 is 28.2. The third-order valence-electron chi connectivity index (χ3n) is 5.83. The molecule has 0 saturated heterocycles. The molecule has 0 amide bonds. The Hall–Kier alpha value is -2.92. The molecule has 4 aromatic rings. The summed E-state index contributed by atoms with van der Waals surface area (Å²) in [5.41, 5.74) is 0. The van der Waals surface area contributed by atoms with Crippen LogP contribution in [0.3, 0.4) is 0 Å². The van der Waals surface area contributed by atoms with Crippen molar-refractivity contribution in [1.29, 1.82) is 0 Å². The molecule has 0 bridgehead atoms. The van der Waals surface area contributed by atoms with E-state index in [1.807, 2.05) is 133 Å². The van der Waals surface area contributed by atoms with Crippen LogP contribution in [0.2, 0.25) is 0 Å². The maximum absolute atomic E-state index is 14.1. The molecule has 4 rings (SSSR count). The molecular formula is C29H28O2P2. The summed E-state index contributed by atoms with van der Waals surface area (Å²) in [5, 5.41) is 3.48. The standard InChI is InChI=1S/C29H28O2P2/c30-32(26-16-6-1-7-17-26,27-18-8-2-9-19-27)24-14-5-15-25-33(31,28-20-10-3-11-21-28)29-22-12-4-13-23-29/h1-14,16-23H,15,24-25H2/b14-5+. The van der Waals surface area contributed by atoms with Crippen molar-refractivity contribution in [3.8, 4) is 0 Å². The zero-order chi connectivity index (χ0) is 23.0. The average molecular weight is 470 g/mol. The molecule has 4 heteroatoms. The summed E-state index contributed by atoms with van der Waals surface area (Å²) in [7, 11) is -5.52. The second-order valence-electron chi connectivity index (χ2n) is 7.99. The van der Waals surface area contributed by atoms with Gasteiger partial charge in [0.2, 0.25) is 0 Å². The zero-order valence-corrected chi connectivity index (χ0v) is 20.3. The summed E-state index contributed by atoms with van der Waals surface area (Å²) >= 11 is 0. The number of hydrogen-bond acceptors (Lipinski definition) is 2. The molecule has 0 N–H and O–H groups in total. The van der Waals surface area contributed by atoms with Crippen LogP contribution in [0.4, 0.5) is 0 Å². The Morgan fingerprint density at radius 3 is 1.15 bits per heavy atom. The molecule has 0 aliphatic rings. The molecule has 0 aliphatic carbocycles. The average Bonchev–Trinajstić information content (AvgIpc) is 2.90. The summed E-state index contributed by atoms with van der Waals surface area (Å²) in [5.74, 6) is 0. The number of hydrogen-bond donors (Lipinski definition) is 0. The minimum Gasteiger partial charge on any atom is -0.314 e. The third-order valence-corrected chi connectivity index (χ3v) is 12.0. The van der Waals surface area contributed by atoms with Gasteiger partial charge in [-0.3, -0.25) is 0 Å². The maximum atomic E-state index is 14.1. The smallest absolute Gasteiger partial charge is 0.146 e. The molecule has 0 aromatic heterocycles. The molecule has 0 unspecified atom stereocenters. The van der Waals surface area contributed by atoms with Crippen LogP contribution in [0.1, 0.15) is 6.42 Å². The van der Waals surface area contributed by atoms with Gasteiger partial charge in [0, 0.05) is 33.5 Å². The molecule has 0 heterocycles. The molecule has 166 valence electrons. The van der Waals surface area contributed by atoms with Crippen molar-refractivity contribution >= 4 is 35.5 Å². The van der Waals surface area contributed by atoms with Crippen LogP contribution in [0.25, 0.3) is 0 Å². The predicted molar refractivity (Wildman–Crippen MR) is 143 cm³/mol. The molecule has 0 saturated carbocycles. The van der Waals surface area contributed by atoms with E-state index in [2.05, 4.69) is 0 Å². The molecule has 0 aliphatic heterocycles. The van der Waals surface area contributed by atoms with E-state index in [0.29, 0.717) is 18.7 Å². The lowest BCUT2D eigenvalue weighted by Crippen LogP contribution is -2.18. The van der Waals surface area contributed by atoms with Crippen LogP contribution >= 0.6 is 14.3 Å². The van der Waals surface area contributed by atoms with Gasteiger partial charge in [-0.25, -0.2) is 0 Å². The molecule has 2 nitrogen and oxygen atoms in total. The van der Waals surface area contributed by atoms with Crippen LogP contribution in [0.5, 0.6) is 0 Å². The number of allylic oxidation sites excluding steroid dienone is 2. The fourth-order valence-electron chi connectivity index (χ4n) is 4.04. The lowest BCUT2D eigenvalue weighted by atomic mass is 10.4. The molecule has 0 spiro atoms. The van der Waals surface area contributed by atoms with E-state index in [4.69, 9.17) is 0 Å². The van der Waals surface area contributed by atoms with Gasteiger partial charge in [0.15, 0.2) is 0 Å². The highest BCUT2D eigenvalue weighted by atomic mass is 31.2. The van der Waals surface area contributed by atoms with Gasteiger partial charge in [-0.2, -0.15) is 0 Å². The zero-order valence-electron chi connectivity index (χ0n) is 18.5. The van der Waals surface area contributed by atoms with Crippen molar-refractivity contribution in [3.63, 3.8) is 0 Å². The summed E-state index contributed by atoms with van der Waals surface area (Å²) in [6.45, 7) is 0. The Labute approximate surface area is 196 Å². The predicted octanol–water partition coefficient (Wildman–Crippen LogP) is 5.96. The first kappa shape index (κ1) is 23.2. The van der Waals surface area contributed by atoms with E-state index in [9.17, 15) is 9.13 Å². The SMILES string of the molecule is O=P(C/C=C/CCP(=O)(c1ccccc1)c1ccccc1)(c1ccccc1)c1ccccc1. The van der Waals surface area contributed by atoms with Gasteiger partial charge in [-0.05, 0) is 6.42 Å². The number of rotatable bonds is 9. The molecule has 0 radical (unpaired) electrons. The van der Waals surface area contributed by atoms with Crippen LogP contribution in [-0.4, -0.2) is 12.3 Å². The van der Waals surface area contributed by atoms with Crippen LogP contribution in [0.15, 0.2) is 133 Å². The number of benzene rings is 4. The van der Waals surface area contributed by atoms with Crippen LogP contribution in [-0.2, 0) is 9.13 Å². The van der Waals surface area contributed by atoms with Crippen LogP contribution in [0, 0.1) is 0 Å². The van der Waals surface area contributed by atoms with Gasteiger partial charge in [0.1, 0.15) is 14.3 Å². The first-order chi connectivity index (χ1) is 16.1. The highest BCUT2D eigenvalue weighted by Crippen LogP contribution is 2.45. The summed E-state index contributed by atoms with van der Waals surface area (Å²) in [4.78, 5) is 0. The highest BCUT2D eigenvalue weighted by molar-refractivity contribution is 7.79. The van der Waals surface area contributed by atoms with Crippen LogP contribution < -0.4 is 21.2 Å². The minimum atomic E-state index is -2.78. The molecule has 0 atom stereocenters. The molecular weight excluding hydrogens is 442 g/mol. The summed E-state index contributed by atoms with van der Waals surface area (Å²) in [6, 6.07) is 38.9. The van der Waals surface area contributed by atoms with Crippen molar-refractivity contribution in [3.05, 3.63) is 133 Å². The van der Waals surface area contributed by atoms with Gasteiger partial charge >= 0.3 is 0 Å². The Kier molecular flexibility index (Phi) is 7.61. The molecule has 4 aromatic carbocycles. The lowest BCUT2D eigenvalue weighted by Gasteiger charge is -2.19. The Morgan fingerprint density at radius 2 is 0.788 bits per heavy atom. The van der Waals surface area contributed by atoms with Gasteiger partial charge in [0.05, 0.1) is 0 Å². The van der Waals surface area contributed by atoms with Gasteiger partial charge in [-0.1, -0.05) is 133 Å². The third kappa shape index (κ3) is 5.36. The molecule has 0 fully saturated rings. The van der Waals surface area contributed by atoms with Crippen molar-refractivity contribution in [2.24, 2.45) is 0 Å². The lowest BCUT2D eigenvalue weighted by molar-refractivity contribution is 0.586. The van der Waals surface area contributed by atoms with E-state index >= 15 is 0 Å². The maximum Gasteiger partial charge on any atom is 0.146 e. The van der Waals surface area contributed by atoms with Gasteiger partial charge in [0.25, 0.3) is 0 Å². The quantitative estimate of drug-likeness (QED) is 0.223. The van der Waals surface area contributed by atoms with E-state index in [1.54, 1.807) is 0 Å². The van der Waals surface area contributed by atoms with E-state index in [0.717, 1.165) is 21.2 Å². The second-order valence-corrected chi connectivity index (χ2v) is 13.8. The fraction of sp³-hybridized carbons (Fsp3) is 0.103. The highest BCUT2D eigenvalue weighted by Gasteiger charge is 2.27. The van der Waals surface area contributed by atoms with Crippen molar-refractivity contribution in [1.82, 2.24) is 0 Å². The summed E-state index contributed by atoms with van der Waals surface area (Å²) in [6.07, 6.45) is 5.68.